The molecule has 3 rings (SSSR count). The highest BCUT2D eigenvalue weighted by Gasteiger charge is 2.34. The molecule has 0 atom stereocenters. The van der Waals surface area contributed by atoms with Crippen LogP contribution in [0.5, 0.6) is 0 Å². The van der Waals surface area contributed by atoms with E-state index in [-0.39, 0.29) is 5.54 Å². The number of aryl methyl sites for hydroxylation is 2. The summed E-state index contributed by atoms with van der Waals surface area (Å²) < 4.78 is 0. The third-order valence-electron chi connectivity index (χ3n) is 5.05. The van der Waals surface area contributed by atoms with E-state index in [9.17, 15) is 0 Å². The summed E-state index contributed by atoms with van der Waals surface area (Å²) in [4.78, 5) is 0. The molecule has 1 fully saturated rings. The van der Waals surface area contributed by atoms with Crippen molar-refractivity contribution in [2.75, 3.05) is 5.32 Å². The number of nitrogens with one attached hydrogen (secondary N) is 2. The Morgan fingerprint density at radius 2 is 1.88 bits per heavy atom. The van der Waals surface area contributed by atoms with Gasteiger partial charge in [-0.2, -0.15) is 0 Å². The maximum Gasteiger partial charge on any atom is 0.171 e. The Kier molecular flexibility index (Phi) is 5.98. The number of hydrogen-bond acceptors (Lipinski definition) is 1. The van der Waals surface area contributed by atoms with E-state index in [0.717, 1.165) is 36.4 Å². The monoisotopic (exact) mass is 372 g/mol. The maximum atomic E-state index is 6.32. The molecule has 2 aromatic rings. The molecule has 2 nitrogen and oxygen atoms in total. The van der Waals surface area contributed by atoms with Gasteiger partial charge >= 0.3 is 0 Å². The van der Waals surface area contributed by atoms with Crippen LogP contribution in [0.15, 0.2) is 48.5 Å². The van der Waals surface area contributed by atoms with Crippen LogP contribution in [0.2, 0.25) is 5.02 Å². The molecule has 0 aliphatic heterocycles. The normalized spacial score (nSPS) is 15.8. The van der Waals surface area contributed by atoms with E-state index in [1.807, 2.05) is 24.3 Å². The minimum Gasteiger partial charge on any atom is -0.357 e. The molecule has 0 heterocycles. The summed E-state index contributed by atoms with van der Waals surface area (Å²) in [5.41, 5.74) is 3.56. The number of rotatable bonds is 5. The van der Waals surface area contributed by atoms with Gasteiger partial charge in [0.1, 0.15) is 0 Å². The van der Waals surface area contributed by atoms with Gasteiger partial charge in [-0.25, -0.2) is 0 Å². The second-order valence-corrected chi connectivity index (χ2v) is 7.84. The van der Waals surface area contributed by atoms with Gasteiger partial charge in [0.2, 0.25) is 0 Å². The zero-order valence-corrected chi connectivity index (χ0v) is 16.2. The molecule has 1 aliphatic rings. The van der Waals surface area contributed by atoms with Crippen LogP contribution in [0.25, 0.3) is 0 Å². The van der Waals surface area contributed by atoms with Gasteiger partial charge < -0.3 is 10.6 Å². The molecule has 0 spiro atoms. The first-order chi connectivity index (χ1) is 12.1. The van der Waals surface area contributed by atoms with Crippen LogP contribution in [-0.2, 0) is 6.42 Å². The Morgan fingerprint density at radius 3 is 2.60 bits per heavy atom. The predicted molar refractivity (Wildman–Crippen MR) is 112 cm³/mol. The predicted octanol–water partition coefficient (Wildman–Crippen LogP) is 5.88. The fraction of sp³-hybridized carbons (Fsp3) is 0.381. The molecule has 0 aromatic heterocycles. The minimum absolute atomic E-state index is 0.0765. The summed E-state index contributed by atoms with van der Waals surface area (Å²) in [7, 11) is 0. The topological polar surface area (TPSA) is 24.1 Å². The summed E-state index contributed by atoms with van der Waals surface area (Å²) in [5, 5.41) is 8.54. The smallest absolute Gasteiger partial charge is 0.171 e. The summed E-state index contributed by atoms with van der Waals surface area (Å²) in [6.45, 7) is 2.09. The molecule has 4 heteroatoms. The molecule has 0 bridgehead atoms. The Hall–Kier alpha value is -1.58. The fourth-order valence-electron chi connectivity index (χ4n) is 3.69. The second kappa shape index (κ2) is 8.20. The molecule has 1 aliphatic carbocycles. The number of hydrogen-bond donors (Lipinski definition) is 2. The lowest BCUT2D eigenvalue weighted by atomic mass is 9.89. The molecule has 2 N–H and O–H groups in total. The van der Waals surface area contributed by atoms with E-state index in [1.165, 1.54) is 24.0 Å². The molecule has 0 amide bonds. The third kappa shape index (κ3) is 4.96. The average molecular weight is 373 g/mol. The quantitative estimate of drug-likeness (QED) is 0.641. The lowest BCUT2D eigenvalue weighted by Crippen LogP contribution is -2.48. The van der Waals surface area contributed by atoms with Crippen LogP contribution >= 0.6 is 23.8 Å². The van der Waals surface area contributed by atoms with Gasteiger partial charge in [0.25, 0.3) is 0 Å². The van der Waals surface area contributed by atoms with Crippen LogP contribution in [0.3, 0.4) is 0 Å². The highest BCUT2D eigenvalue weighted by atomic mass is 35.5. The van der Waals surface area contributed by atoms with E-state index in [4.69, 9.17) is 23.8 Å². The molecule has 1 saturated carbocycles. The number of halogens is 1. The number of thiocarbonyl (C=S) groups is 1. The van der Waals surface area contributed by atoms with Crippen molar-refractivity contribution in [1.29, 1.82) is 0 Å². The van der Waals surface area contributed by atoms with E-state index in [1.54, 1.807) is 0 Å². The van der Waals surface area contributed by atoms with Crippen molar-refractivity contribution in [3.63, 3.8) is 0 Å². The summed E-state index contributed by atoms with van der Waals surface area (Å²) >= 11 is 11.9. The first kappa shape index (κ1) is 18.2. The zero-order chi connectivity index (χ0) is 17.7. The Labute approximate surface area is 161 Å². The summed E-state index contributed by atoms with van der Waals surface area (Å²) in [6, 6.07) is 16.4. The second-order valence-electron chi connectivity index (χ2n) is 7.03. The Bertz CT molecular complexity index is 738. The van der Waals surface area contributed by atoms with E-state index in [2.05, 4.69) is 41.8 Å². The molecule has 0 radical (unpaired) electrons. The van der Waals surface area contributed by atoms with Crippen molar-refractivity contribution >= 4 is 34.6 Å². The van der Waals surface area contributed by atoms with Crippen molar-refractivity contribution in [2.45, 2.75) is 51.0 Å². The van der Waals surface area contributed by atoms with E-state index in [0.29, 0.717) is 5.11 Å². The standard InChI is InChI=1S/C21H25ClN2S/c1-16-7-6-9-18(15-16)23-20(25)24-21(12-4-5-13-21)14-11-17-8-2-3-10-19(17)22/h2-3,6-10,15H,4-5,11-14H2,1H3,(H2,23,24,25). The van der Waals surface area contributed by atoms with Crippen molar-refractivity contribution in [2.24, 2.45) is 0 Å². The van der Waals surface area contributed by atoms with Crippen LogP contribution in [0.1, 0.15) is 43.2 Å². The fourth-order valence-corrected chi connectivity index (χ4v) is 4.25. The first-order valence-corrected chi connectivity index (χ1v) is 9.74. The summed E-state index contributed by atoms with van der Waals surface area (Å²) in [5.74, 6) is 0. The zero-order valence-electron chi connectivity index (χ0n) is 14.6. The van der Waals surface area contributed by atoms with E-state index >= 15 is 0 Å². The number of anilines is 1. The van der Waals surface area contributed by atoms with Gasteiger partial charge in [-0.3, -0.25) is 0 Å². The molecule has 0 saturated heterocycles. The lowest BCUT2D eigenvalue weighted by molar-refractivity contribution is 0.362. The highest BCUT2D eigenvalue weighted by molar-refractivity contribution is 7.80. The van der Waals surface area contributed by atoms with E-state index < -0.39 is 0 Å². The van der Waals surface area contributed by atoms with Crippen LogP contribution in [0, 0.1) is 6.92 Å². The maximum absolute atomic E-state index is 6.32. The molecular weight excluding hydrogens is 348 g/mol. The molecule has 0 unspecified atom stereocenters. The van der Waals surface area contributed by atoms with Gasteiger partial charge in [0.05, 0.1) is 0 Å². The SMILES string of the molecule is Cc1cccc(NC(=S)NC2(CCc3ccccc3Cl)CCCC2)c1. The van der Waals surface area contributed by atoms with Gasteiger partial charge in [-0.1, -0.05) is 54.8 Å². The third-order valence-corrected chi connectivity index (χ3v) is 5.62. The minimum atomic E-state index is 0.0765. The number of benzene rings is 2. The van der Waals surface area contributed by atoms with Crippen molar-refractivity contribution < 1.29 is 0 Å². The summed E-state index contributed by atoms with van der Waals surface area (Å²) in [6.07, 6.45) is 6.84. The Balaban J connectivity index is 1.64. The van der Waals surface area contributed by atoms with Gasteiger partial charge in [-0.15, -0.1) is 0 Å². The van der Waals surface area contributed by atoms with Crippen molar-refractivity contribution in [3.05, 3.63) is 64.7 Å². The molecule has 25 heavy (non-hydrogen) atoms. The van der Waals surface area contributed by atoms with Crippen LogP contribution in [0.4, 0.5) is 5.69 Å². The van der Waals surface area contributed by atoms with Gasteiger partial charge in [0, 0.05) is 16.2 Å². The molecular formula is C21H25ClN2S. The highest BCUT2D eigenvalue weighted by Crippen LogP contribution is 2.34. The molecule has 2 aromatic carbocycles. The lowest BCUT2D eigenvalue weighted by Gasteiger charge is -2.32. The molecule has 132 valence electrons. The van der Waals surface area contributed by atoms with Gasteiger partial charge in [0.15, 0.2) is 5.11 Å². The van der Waals surface area contributed by atoms with Crippen molar-refractivity contribution in [3.8, 4) is 0 Å². The van der Waals surface area contributed by atoms with Crippen LogP contribution in [-0.4, -0.2) is 10.7 Å². The first-order valence-electron chi connectivity index (χ1n) is 8.96. The largest absolute Gasteiger partial charge is 0.357 e. The Morgan fingerprint density at radius 1 is 1.12 bits per heavy atom. The average Bonchev–Trinajstić information content (AvgIpc) is 3.02. The van der Waals surface area contributed by atoms with Crippen LogP contribution < -0.4 is 10.6 Å². The van der Waals surface area contributed by atoms with Crippen molar-refractivity contribution in [1.82, 2.24) is 5.32 Å². The van der Waals surface area contributed by atoms with Gasteiger partial charge in [-0.05, 0) is 74.2 Å².